The van der Waals surface area contributed by atoms with Crippen LogP contribution in [0.25, 0.3) is 0 Å². The fraction of sp³-hybridized carbons (Fsp3) is 0.533. The highest BCUT2D eigenvalue weighted by Gasteiger charge is 2.14. The highest BCUT2D eigenvalue weighted by molar-refractivity contribution is 5.96. The molecule has 0 aliphatic rings. The Kier molecular flexibility index (Phi) is 6.31. The lowest BCUT2D eigenvalue weighted by Crippen LogP contribution is -2.27. The topological polar surface area (TPSA) is 87.4 Å². The van der Waals surface area contributed by atoms with Crippen LogP contribution in [0.3, 0.4) is 0 Å². The summed E-state index contributed by atoms with van der Waals surface area (Å²) in [6.07, 6.45) is 0.662. The molecule has 1 aromatic rings. The van der Waals surface area contributed by atoms with E-state index in [4.69, 9.17) is 10.8 Å². The first kappa shape index (κ1) is 16.3. The molecule has 0 radical (unpaired) electrons. The molecular weight excluding hydrogens is 254 g/mol. The van der Waals surface area contributed by atoms with Gasteiger partial charge < -0.3 is 21.5 Å². The lowest BCUT2D eigenvalue weighted by Gasteiger charge is -2.23. The van der Waals surface area contributed by atoms with Gasteiger partial charge in [-0.3, -0.25) is 4.79 Å². The van der Waals surface area contributed by atoms with E-state index in [1.165, 1.54) is 0 Å². The summed E-state index contributed by atoms with van der Waals surface area (Å²) in [5.41, 5.74) is 7.88. The second-order valence-corrected chi connectivity index (χ2v) is 5.17. The summed E-state index contributed by atoms with van der Waals surface area (Å²) >= 11 is 0. The summed E-state index contributed by atoms with van der Waals surface area (Å²) in [6, 6.07) is 5.38. The Morgan fingerprint density at radius 3 is 2.60 bits per heavy atom. The van der Waals surface area contributed by atoms with Crippen molar-refractivity contribution in [3.05, 3.63) is 23.8 Å². The van der Waals surface area contributed by atoms with Crippen LogP contribution in [0.4, 0.5) is 11.4 Å². The van der Waals surface area contributed by atoms with E-state index in [0.29, 0.717) is 30.1 Å². The Morgan fingerprint density at radius 1 is 1.40 bits per heavy atom. The number of amides is 1. The predicted octanol–water partition coefficient (Wildman–Crippen LogP) is 1.84. The van der Waals surface area contributed by atoms with Crippen LogP contribution in [-0.2, 0) is 0 Å². The second-order valence-electron chi connectivity index (χ2n) is 5.17. The van der Waals surface area contributed by atoms with E-state index in [0.717, 1.165) is 5.69 Å². The number of hydrogen-bond donors (Lipinski definition) is 4. The van der Waals surface area contributed by atoms with Gasteiger partial charge in [-0.2, -0.15) is 0 Å². The highest BCUT2D eigenvalue weighted by atomic mass is 16.3. The lowest BCUT2D eigenvalue weighted by atomic mass is 10.0. The predicted molar refractivity (Wildman–Crippen MR) is 82.8 cm³/mol. The number of carbonyl (C=O) groups is 1. The molecule has 0 aliphatic carbocycles. The van der Waals surface area contributed by atoms with Crippen molar-refractivity contribution in [2.45, 2.75) is 33.2 Å². The van der Waals surface area contributed by atoms with Gasteiger partial charge in [0.15, 0.2) is 0 Å². The van der Waals surface area contributed by atoms with Crippen LogP contribution in [0.1, 0.15) is 37.6 Å². The largest absolute Gasteiger partial charge is 0.397 e. The quantitative estimate of drug-likeness (QED) is 0.574. The molecule has 0 bridgehead atoms. The first-order chi connectivity index (χ1) is 9.49. The number of rotatable bonds is 7. The number of nitrogen functional groups attached to an aromatic ring is 1. The van der Waals surface area contributed by atoms with Crippen LogP contribution >= 0.6 is 0 Å². The number of nitrogens with two attached hydrogens (primary N) is 1. The minimum Gasteiger partial charge on any atom is -0.397 e. The molecule has 0 saturated carbocycles. The molecule has 0 aliphatic heterocycles. The monoisotopic (exact) mass is 279 g/mol. The molecule has 0 spiro atoms. The van der Waals surface area contributed by atoms with E-state index in [1.54, 1.807) is 12.1 Å². The van der Waals surface area contributed by atoms with Crippen molar-refractivity contribution >= 4 is 17.3 Å². The van der Waals surface area contributed by atoms with Gasteiger partial charge >= 0.3 is 0 Å². The molecule has 5 heteroatoms. The number of aliphatic hydroxyl groups excluding tert-OH is 1. The molecule has 5 nitrogen and oxygen atoms in total. The normalized spacial score (nSPS) is 12.2. The van der Waals surface area contributed by atoms with Crippen molar-refractivity contribution in [2.75, 3.05) is 24.2 Å². The molecule has 0 fully saturated rings. The number of carbonyl (C=O) groups excluding carboxylic acids is 1. The van der Waals surface area contributed by atoms with Crippen molar-refractivity contribution in [1.29, 1.82) is 0 Å². The molecule has 20 heavy (non-hydrogen) atoms. The van der Waals surface area contributed by atoms with E-state index in [2.05, 4.69) is 24.5 Å². The fourth-order valence-corrected chi connectivity index (χ4v) is 2.01. The first-order valence-corrected chi connectivity index (χ1v) is 7.04. The summed E-state index contributed by atoms with van der Waals surface area (Å²) in [7, 11) is 0. The van der Waals surface area contributed by atoms with Gasteiger partial charge in [-0.1, -0.05) is 13.8 Å². The van der Waals surface area contributed by atoms with E-state index >= 15 is 0 Å². The molecule has 0 aromatic heterocycles. The van der Waals surface area contributed by atoms with Gasteiger partial charge in [-0.25, -0.2) is 0 Å². The van der Waals surface area contributed by atoms with Crippen molar-refractivity contribution in [3.63, 3.8) is 0 Å². The summed E-state index contributed by atoms with van der Waals surface area (Å²) < 4.78 is 0. The maximum atomic E-state index is 11.7. The van der Waals surface area contributed by atoms with Gasteiger partial charge in [0.05, 0.1) is 11.4 Å². The summed E-state index contributed by atoms with van der Waals surface area (Å²) in [5.74, 6) is 0.256. The minimum atomic E-state index is -0.124. The van der Waals surface area contributed by atoms with Gasteiger partial charge in [-0.05, 0) is 37.5 Å². The molecule has 1 atom stereocenters. The average molecular weight is 279 g/mol. The fourth-order valence-electron chi connectivity index (χ4n) is 2.01. The van der Waals surface area contributed by atoms with E-state index < -0.39 is 0 Å². The maximum Gasteiger partial charge on any atom is 0.251 e. The van der Waals surface area contributed by atoms with Crippen LogP contribution in [-0.4, -0.2) is 30.2 Å². The third-order valence-corrected chi connectivity index (χ3v) is 3.24. The second kappa shape index (κ2) is 7.75. The molecule has 1 aromatic carbocycles. The van der Waals surface area contributed by atoms with E-state index in [9.17, 15) is 4.79 Å². The number of anilines is 2. The van der Waals surface area contributed by atoms with Gasteiger partial charge in [0, 0.05) is 24.8 Å². The van der Waals surface area contributed by atoms with Crippen LogP contribution in [0.5, 0.6) is 0 Å². The third-order valence-electron chi connectivity index (χ3n) is 3.24. The van der Waals surface area contributed by atoms with Gasteiger partial charge in [0.25, 0.3) is 5.91 Å². The van der Waals surface area contributed by atoms with E-state index in [1.807, 2.05) is 13.0 Å². The smallest absolute Gasteiger partial charge is 0.251 e. The number of benzene rings is 1. The SMILES string of the molecule is CCNC(=O)c1ccc(NC(CCO)C(C)C)c(N)c1. The van der Waals surface area contributed by atoms with Crippen molar-refractivity contribution in [2.24, 2.45) is 5.92 Å². The summed E-state index contributed by atoms with van der Waals surface area (Å²) in [4.78, 5) is 11.7. The molecule has 1 rings (SSSR count). The molecule has 112 valence electrons. The van der Waals surface area contributed by atoms with E-state index in [-0.39, 0.29) is 18.6 Å². The highest BCUT2D eigenvalue weighted by Crippen LogP contribution is 2.23. The zero-order chi connectivity index (χ0) is 15.1. The maximum absolute atomic E-state index is 11.7. The molecule has 0 saturated heterocycles. The van der Waals surface area contributed by atoms with Gasteiger partial charge in [-0.15, -0.1) is 0 Å². The Bertz CT molecular complexity index is 447. The minimum absolute atomic E-state index is 0.124. The van der Waals surface area contributed by atoms with Crippen LogP contribution in [0.2, 0.25) is 0 Å². The Balaban J connectivity index is 2.84. The molecule has 1 unspecified atom stereocenters. The number of nitrogens with one attached hydrogen (secondary N) is 2. The van der Waals surface area contributed by atoms with Crippen LogP contribution in [0.15, 0.2) is 18.2 Å². The van der Waals surface area contributed by atoms with Crippen LogP contribution in [0, 0.1) is 5.92 Å². The van der Waals surface area contributed by atoms with Crippen LogP contribution < -0.4 is 16.4 Å². The molecule has 5 N–H and O–H groups in total. The van der Waals surface area contributed by atoms with Gasteiger partial charge in [0.2, 0.25) is 0 Å². The first-order valence-electron chi connectivity index (χ1n) is 7.04. The van der Waals surface area contributed by atoms with Gasteiger partial charge in [0.1, 0.15) is 0 Å². The molecule has 0 heterocycles. The number of aliphatic hydroxyl groups is 1. The average Bonchev–Trinajstić information content (AvgIpc) is 2.40. The Labute approximate surface area is 120 Å². The zero-order valence-electron chi connectivity index (χ0n) is 12.4. The number of hydrogen-bond acceptors (Lipinski definition) is 4. The third kappa shape index (κ3) is 4.42. The summed E-state index contributed by atoms with van der Waals surface area (Å²) in [5, 5.41) is 15.2. The Hall–Kier alpha value is -1.75. The van der Waals surface area contributed by atoms with Crippen molar-refractivity contribution in [3.8, 4) is 0 Å². The molecule has 1 amide bonds. The van der Waals surface area contributed by atoms with Crippen molar-refractivity contribution < 1.29 is 9.90 Å². The Morgan fingerprint density at radius 2 is 2.10 bits per heavy atom. The standard InChI is InChI=1S/C15H25N3O2/c1-4-17-15(20)11-5-6-14(12(16)9-11)18-13(7-8-19)10(2)3/h5-6,9-10,13,18-19H,4,7-8,16H2,1-3H3,(H,17,20). The molecular formula is C15H25N3O2. The van der Waals surface area contributed by atoms with Crippen molar-refractivity contribution in [1.82, 2.24) is 5.32 Å². The zero-order valence-corrected chi connectivity index (χ0v) is 12.4. The lowest BCUT2D eigenvalue weighted by molar-refractivity contribution is 0.0956. The summed E-state index contributed by atoms with van der Waals surface area (Å²) in [6.45, 7) is 6.77.